The van der Waals surface area contributed by atoms with Crippen LogP contribution < -0.4 is 10.6 Å². The zero-order valence-electron chi connectivity index (χ0n) is 13.4. The van der Waals surface area contributed by atoms with Crippen LogP contribution in [0.3, 0.4) is 0 Å². The van der Waals surface area contributed by atoms with Gasteiger partial charge >= 0.3 is 0 Å². The van der Waals surface area contributed by atoms with Crippen LogP contribution >= 0.6 is 0 Å². The number of aromatic nitrogens is 2. The number of benzene rings is 1. The number of anilines is 2. The molecule has 0 spiro atoms. The highest BCUT2D eigenvalue weighted by atomic mass is 16.1. The summed E-state index contributed by atoms with van der Waals surface area (Å²) >= 11 is 0. The Bertz CT molecular complexity index is 646. The lowest BCUT2D eigenvalue weighted by Gasteiger charge is -2.11. The fourth-order valence-electron chi connectivity index (χ4n) is 2.80. The summed E-state index contributed by atoms with van der Waals surface area (Å²) in [5.41, 5.74) is 2.48. The SMILES string of the molecule is CCc1ccc(NC(=O)c2cnc(NC3CCCC3)nc2)cc1. The Balaban J connectivity index is 1.60. The van der Waals surface area contributed by atoms with Gasteiger partial charge in [0.05, 0.1) is 5.56 Å². The molecule has 1 fully saturated rings. The topological polar surface area (TPSA) is 66.9 Å². The average molecular weight is 310 g/mol. The maximum Gasteiger partial charge on any atom is 0.258 e. The molecule has 1 amide bonds. The molecule has 1 aliphatic carbocycles. The van der Waals surface area contributed by atoms with Crippen LogP contribution in [0.2, 0.25) is 0 Å². The smallest absolute Gasteiger partial charge is 0.258 e. The van der Waals surface area contributed by atoms with Crippen LogP contribution in [-0.4, -0.2) is 21.9 Å². The number of carbonyl (C=O) groups excluding carboxylic acids is 1. The van der Waals surface area contributed by atoms with E-state index in [9.17, 15) is 4.79 Å². The molecule has 1 aromatic carbocycles. The fourth-order valence-corrected chi connectivity index (χ4v) is 2.80. The van der Waals surface area contributed by atoms with Crippen LogP contribution in [0.5, 0.6) is 0 Å². The van der Waals surface area contributed by atoms with Crippen molar-refractivity contribution in [3.05, 3.63) is 47.8 Å². The monoisotopic (exact) mass is 310 g/mol. The van der Waals surface area contributed by atoms with E-state index in [-0.39, 0.29) is 5.91 Å². The summed E-state index contributed by atoms with van der Waals surface area (Å²) in [6, 6.07) is 8.31. The largest absolute Gasteiger partial charge is 0.351 e. The Morgan fingerprint density at radius 3 is 2.39 bits per heavy atom. The van der Waals surface area contributed by atoms with Crippen LogP contribution in [0, 0.1) is 0 Å². The molecule has 0 saturated heterocycles. The van der Waals surface area contributed by atoms with Gasteiger partial charge in [-0.25, -0.2) is 9.97 Å². The third kappa shape index (κ3) is 4.06. The van der Waals surface area contributed by atoms with Gasteiger partial charge in [0.2, 0.25) is 5.95 Å². The molecule has 0 atom stereocenters. The minimum atomic E-state index is -0.193. The van der Waals surface area contributed by atoms with E-state index in [1.807, 2.05) is 24.3 Å². The minimum absolute atomic E-state index is 0.193. The fraction of sp³-hybridized carbons (Fsp3) is 0.389. The lowest BCUT2D eigenvalue weighted by molar-refractivity contribution is 0.102. The third-order valence-electron chi connectivity index (χ3n) is 4.22. The van der Waals surface area contributed by atoms with Crippen molar-refractivity contribution in [2.45, 2.75) is 45.1 Å². The Kier molecular flexibility index (Phi) is 4.86. The molecule has 2 aromatic rings. The maximum atomic E-state index is 12.2. The van der Waals surface area contributed by atoms with Crippen molar-refractivity contribution in [2.24, 2.45) is 0 Å². The highest BCUT2D eigenvalue weighted by Gasteiger charge is 2.15. The van der Waals surface area contributed by atoms with E-state index in [4.69, 9.17) is 0 Å². The molecule has 23 heavy (non-hydrogen) atoms. The molecule has 1 aromatic heterocycles. The number of amides is 1. The molecule has 5 heteroatoms. The van der Waals surface area contributed by atoms with Gasteiger partial charge in [0.1, 0.15) is 0 Å². The van der Waals surface area contributed by atoms with Crippen LogP contribution in [0.15, 0.2) is 36.7 Å². The first kappa shape index (κ1) is 15.5. The third-order valence-corrected chi connectivity index (χ3v) is 4.22. The van der Waals surface area contributed by atoms with Gasteiger partial charge in [-0.05, 0) is 37.0 Å². The van der Waals surface area contributed by atoms with E-state index < -0.39 is 0 Å². The van der Waals surface area contributed by atoms with Gasteiger partial charge in [-0.15, -0.1) is 0 Å². The number of hydrogen-bond donors (Lipinski definition) is 2. The second-order valence-corrected chi connectivity index (χ2v) is 5.93. The maximum absolute atomic E-state index is 12.2. The molecule has 0 unspecified atom stereocenters. The first-order chi connectivity index (χ1) is 11.2. The standard InChI is InChI=1S/C18H22N4O/c1-2-13-7-9-16(10-8-13)21-17(23)14-11-19-18(20-12-14)22-15-5-3-4-6-15/h7-12,15H,2-6H2,1H3,(H,21,23)(H,19,20,22). The normalized spacial score (nSPS) is 14.7. The van der Waals surface area contributed by atoms with Gasteiger partial charge in [0.25, 0.3) is 5.91 Å². The number of nitrogens with zero attached hydrogens (tertiary/aromatic N) is 2. The predicted octanol–water partition coefficient (Wildman–Crippen LogP) is 3.65. The van der Waals surface area contributed by atoms with Crippen molar-refractivity contribution in [1.82, 2.24) is 9.97 Å². The molecular formula is C18H22N4O. The Hall–Kier alpha value is -2.43. The highest BCUT2D eigenvalue weighted by Crippen LogP contribution is 2.20. The summed E-state index contributed by atoms with van der Waals surface area (Å²) in [4.78, 5) is 20.7. The Morgan fingerprint density at radius 1 is 1.13 bits per heavy atom. The Morgan fingerprint density at radius 2 is 1.78 bits per heavy atom. The molecule has 5 nitrogen and oxygen atoms in total. The van der Waals surface area contributed by atoms with Gasteiger partial charge in [0, 0.05) is 24.1 Å². The summed E-state index contributed by atoms with van der Waals surface area (Å²) < 4.78 is 0. The summed E-state index contributed by atoms with van der Waals surface area (Å²) in [5, 5.41) is 6.18. The van der Waals surface area contributed by atoms with Crippen molar-refractivity contribution >= 4 is 17.5 Å². The van der Waals surface area contributed by atoms with Crippen LogP contribution in [0.1, 0.15) is 48.5 Å². The first-order valence-corrected chi connectivity index (χ1v) is 8.23. The van der Waals surface area contributed by atoms with Crippen molar-refractivity contribution < 1.29 is 4.79 Å². The van der Waals surface area contributed by atoms with E-state index in [0.29, 0.717) is 17.6 Å². The summed E-state index contributed by atoms with van der Waals surface area (Å²) in [6.45, 7) is 2.10. The van der Waals surface area contributed by atoms with Crippen LogP contribution in [-0.2, 0) is 6.42 Å². The van der Waals surface area contributed by atoms with Gasteiger partial charge < -0.3 is 10.6 Å². The molecule has 2 N–H and O–H groups in total. The quantitative estimate of drug-likeness (QED) is 0.884. The second-order valence-electron chi connectivity index (χ2n) is 5.93. The first-order valence-electron chi connectivity index (χ1n) is 8.23. The molecule has 1 aliphatic rings. The van der Waals surface area contributed by atoms with Crippen LogP contribution in [0.4, 0.5) is 11.6 Å². The molecular weight excluding hydrogens is 288 g/mol. The number of rotatable bonds is 5. The zero-order chi connectivity index (χ0) is 16.1. The average Bonchev–Trinajstić information content (AvgIpc) is 3.09. The zero-order valence-corrected chi connectivity index (χ0v) is 13.4. The molecule has 0 radical (unpaired) electrons. The van der Waals surface area contributed by atoms with E-state index in [0.717, 1.165) is 12.1 Å². The van der Waals surface area contributed by atoms with Crippen molar-refractivity contribution in [1.29, 1.82) is 0 Å². The summed E-state index contributed by atoms with van der Waals surface area (Å²) in [5.74, 6) is 0.405. The van der Waals surface area contributed by atoms with Gasteiger partial charge in [-0.1, -0.05) is 31.9 Å². The van der Waals surface area contributed by atoms with Crippen LogP contribution in [0.25, 0.3) is 0 Å². The molecule has 120 valence electrons. The molecule has 0 aliphatic heterocycles. The van der Waals surface area contributed by atoms with E-state index in [1.54, 1.807) is 12.4 Å². The minimum Gasteiger partial charge on any atom is -0.351 e. The number of hydrogen-bond acceptors (Lipinski definition) is 4. The van der Waals surface area contributed by atoms with Gasteiger partial charge in [-0.3, -0.25) is 4.79 Å². The lowest BCUT2D eigenvalue weighted by Crippen LogP contribution is -2.18. The van der Waals surface area contributed by atoms with Gasteiger partial charge in [-0.2, -0.15) is 0 Å². The van der Waals surface area contributed by atoms with E-state index in [2.05, 4.69) is 27.5 Å². The lowest BCUT2D eigenvalue weighted by atomic mass is 10.1. The highest BCUT2D eigenvalue weighted by molar-refractivity contribution is 6.03. The van der Waals surface area contributed by atoms with Crippen molar-refractivity contribution in [3.63, 3.8) is 0 Å². The van der Waals surface area contributed by atoms with Crippen molar-refractivity contribution in [3.8, 4) is 0 Å². The number of carbonyl (C=O) groups is 1. The summed E-state index contributed by atoms with van der Waals surface area (Å²) in [6.07, 6.45) is 8.97. The predicted molar refractivity (Wildman–Crippen MR) is 91.7 cm³/mol. The molecule has 3 rings (SSSR count). The van der Waals surface area contributed by atoms with E-state index >= 15 is 0 Å². The van der Waals surface area contributed by atoms with E-state index in [1.165, 1.54) is 31.2 Å². The Labute approximate surface area is 136 Å². The van der Waals surface area contributed by atoms with Gasteiger partial charge in [0.15, 0.2) is 0 Å². The second kappa shape index (κ2) is 7.22. The van der Waals surface area contributed by atoms with Crippen molar-refractivity contribution in [2.75, 3.05) is 10.6 Å². The molecule has 1 heterocycles. The molecule has 0 bridgehead atoms. The summed E-state index contributed by atoms with van der Waals surface area (Å²) in [7, 11) is 0. The number of aryl methyl sites for hydroxylation is 1. The number of nitrogens with one attached hydrogen (secondary N) is 2. The molecule has 1 saturated carbocycles.